The van der Waals surface area contributed by atoms with Gasteiger partial charge in [-0.1, -0.05) is 0 Å². The van der Waals surface area contributed by atoms with E-state index in [2.05, 4.69) is 5.32 Å². The number of nitrogens with zero attached hydrogens (tertiary/aromatic N) is 1. The Kier molecular flexibility index (Phi) is 4.62. The third-order valence-electron chi connectivity index (χ3n) is 2.25. The number of nitrogens with one attached hydrogen (secondary N) is 1. The molecule has 1 N–H and O–H groups in total. The van der Waals surface area contributed by atoms with Crippen molar-refractivity contribution >= 4 is 23.2 Å². The first-order chi connectivity index (χ1) is 7.54. The average molecular weight is 241 g/mol. The lowest BCUT2D eigenvalue weighted by Gasteiger charge is -2.13. The van der Waals surface area contributed by atoms with E-state index in [-0.39, 0.29) is 11.9 Å². The highest BCUT2D eigenvalue weighted by molar-refractivity contribution is 6.18. The smallest absolute Gasteiger partial charge is 0.251 e. The molecule has 1 amide bonds. The minimum atomic E-state index is -0.0848. The van der Waals surface area contributed by atoms with E-state index in [1.54, 1.807) is 0 Å². The van der Waals surface area contributed by atoms with Gasteiger partial charge in [0.05, 0.1) is 0 Å². The maximum absolute atomic E-state index is 11.7. The molecule has 3 nitrogen and oxygen atoms in total. The molecule has 0 fully saturated rings. The quantitative estimate of drug-likeness (QED) is 0.818. The zero-order valence-corrected chi connectivity index (χ0v) is 10.6. The molecule has 1 unspecified atom stereocenters. The fourth-order valence-corrected chi connectivity index (χ4v) is 1.33. The first-order valence-corrected chi connectivity index (χ1v) is 5.72. The van der Waals surface area contributed by atoms with Crippen molar-refractivity contribution in [3.05, 3.63) is 29.8 Å². The molecule has 0 heterocycles. The highest BCUT2D eigenvalue weighted by Crippen LogP contribution is 2.12. The summed E-state index contributed by atoms with van der Waals surface area (Å²) in [5, 5.41) is 2.81. The van der Waals surface area contributed by atoms with Gasteiger partial charge in [-0.25, -0.2) is 0 Å². The fraction of sp³-hybridized carbons (Fsp3) is 0.417. The van der Waals surface area contributed by atoms with Gasteiger partial charge >= 0.3 is 0 Å². The first kappa shape index (κ1) is 12.8. The molecule has 1 atom stereocenters. The van der Waals surface area contributed by atoms with Crippen LogP contribution in [0.1, 0.15) is 17.3 Å². The second kappa shape index (κ2) is 5.75. The van der Waals surface area contributed by atoms with Crippen LogP contribution in [0.2, 0.25) is 0 Å². The number of carbonyl (C=O) groups excluding carboxylic acids is 1. The Balaban J connectivity index is 2.70. The van der Waals surface area contributed by atoms with Crippen molar-refractivity contribution in [2.24, 2.45) is 0 Å². The van der Waals surface area contributed by atoms with E-state index in [9.17, 15) is 4.79 Å². The number of amides is 1. The Morgan fingerprint density at radius 3 is 2.38 bits per heavy atom. The predicted octanol–water partition coefficient (Wildman–Crippen LogP) is 2.11. The molecule has 16 heavy (non-hydrogen) atoms. The van der Waals surface area contributed by atoms with Crippen LogP contribution in [0.25, 0.3) is 0 Å². The second-order valence-corrected chi connectivity index (χ2v) is 4.28. The van der Waals surface area contributed by atoms with Crippen LogP contribution in [0, 0.1) is 0 Å². The van der Waals surface area contributed by atoms with E-state index in [1.165, 1.54) is 0 Å². The Bertz CT molecular complexity index is 349. The molecule has 0 aliphatic carbocycles. The molecule has 0 radical (unpaired) electrons. The molecule has 0 aliphatic rings. The second-order valence-electron chi connectivity index (χ2n) is 3.97. The van der Waals surface area contributed by atoms with Crippen molar-refractivity contribution in [1.29, 1.82) is 0 Å². The van der Waals surface area contributed by atoms with Crippen LogP contribution >= 0.6 is 11.6 Å². The molecule has 4 heteroatoms. The molecule has 0 saturated carbocycles. The lowest BCUT2D eigenvalue weighted by Crippen LogP contribution is -2.33. The lowest BCUT2D eigenvalue weighted by atomic mass is 10.2. The number of halogens is 1. The molecule has 0 aliphatic heterocycles. The van der Waals surface area contributed by atoms with Gasteiger partial charge in [0, 0.05) is 37.3 Å². The summed E-state index contributed by atoms with van der Waals surface area (Å²) in [5.41, 5.74) is 1.73. The van der Waals surface area contributed by atoms with Crippen molar-refractivity contribution in [2.75, 3.05) is 24.9 Å². The van der Waals surface area contributed by atoms with Gasteiger partial charge in [0.15, 0.2) is 0 Å². The largest absolute Gasteiger partial charge is 0.378 e. The average Bonchev–Trinajstić information content (AvgIpc) is 2.28. The van der Waals surface area contributed by atoms with Crippen molar-refractivity contribution in [3.63, 3.8) is 0 Å². The maximum Gasteiger partial charge on any atom is 0.251 e. The fourth-order valence-electron chi connectivity index (χ4n) is 1.26. The molecule has 1 aromatic carbocycles. The van der Waals surface area contributed by atoms with Gasteiger partial charge < -0.3 is 10.2 Å². The zero-order valence-electron chi connectivity index (χ0n) is 9.83. The van der Waals surface area contributed by atoms with Gasteiger partial charge in [0.1, 0.15) is 0 Å². The SMILES string of the molecule is CC(CCl)NC(=O)c1ccc(N(C)C)cc1. The number of alkyl halides is 1. The van der Waals surface area contributed by atoms with Gasteiger partial charge in [-0.05, 0) is 31.2 Å². The molecule has 0 saturated heterocycles. The molecule has 1 aromatic rings. The number of benzene rings is 1. The molecule has 88 valence electrons. The number of carbonyl (C=O) groups is 1. The molecule has 0 bridgehead atoms. The topological polar surface area (TPSA) is 32.3 Å². The van der Waals surface area contributed by atoms with E-state index in [4.69, 9.17) is 11.6 Å². The Morgan fingerprint density at radius 1 is 1.38 bits per heavy atom. The molecular formula is C12H17ClN2O. The van der Waals surface area contributed by atoms with Gasteiger partial charge in [0.2, 0.25) is 0 Å². The summed E-state index contributed by atoms with van der Waals surface area (Å²) in [5.74, 6) is 0.333. The summed E-state index contributed by atoms with van der Waals surface area (Å²) in [4.78, 5) is 13.7. The number of hydrogen-bond donors (Lipinski definition) is 1. The molecule has 0 aromatic heterocycles. The first-order valence-electron chi connectivity index (χ1n) is 5.19. The molecule has 1 rings (SSSR count). The third kappa shape index (κ3) is 3.42. The minimum absolute atomic E-state index is 0.0114. The number of hydrogen-bond acceptors (Lipinski definition) is 2. The van der Waals surface area contributed by atoms with Crippen LogP contribution in [0.4, 0.5) is 5.69 Å². The van der Waals surface area contributed by atoms with Crippen LogP contribution in [0.15, 0.2) is 24.3 Å². The van der Waals surface area contributed by atoms with Crippen molar-refractivity contribution < 1.29 is 4.79 Å². The summed E-state index contributed by atoms with van der Waals surface area (Å²) in [7, 11) is 3.93. The van der Waals surface area contributed by atoms with E-state index in [0.717, 1.165) is 5.69 Å². The zero-order chi connectivity index (χ0) is 12.1. The molecule has 0 spiro atoms. The van der Waals surface area contributed by atoms with E-state index >= 15 is 0 Å². The monoisotopic (exact) mass is 240 g/mol. The number of rotatable bonds is 4. The lowest BCUT2D eigenvalue weighted by molar-refractivity contribution is 0.0943. The maximum atomic E-state index is 11.7. The minimum Gasteiger partial charge on any atom is -0.378 e. The van der Waals surface area contributed by atoms with Crippen molar-refractivity contribution in [3.8, 4) is 0 Å². The van der Waals surface area contributed by atoms with Crippen LogP contribution in [-0.4, -0.2) is 31.9 Å². The summed E-state index contributed by atoms with van der Waals surface area (Å²) < 4.78 is 0. The summed E-state index contributed by atoms with van der Waals surface area (Å²) in [6.45, 7) is 1.87. The highest BCUT2D eigenvalue weighted by Gasteiger charge is 2.08. The Hall–Kier alpha value is -1.22. The normalized spacial score (nSPS) is 12.0. The van der Waals surface area contributed by atoms with E-state index in [0.29, 0.717) is 11.4 Å². The summed E-state index contributed by atoms with van der Waals surface area (Å²) >= 11 is 5.63. The van der Waals surface area contributed by atoms with E-state index < -0.39 is 0 Å². The van der Waals surface area contributed by atoms with Crippen LogP contribution in [0.3, 0.4) is 0 Å². The van der Waals surface area contributed by atoms with Gasteiger partial charge in [-0.3, -0.25) is 4.79 Å². The van der Waals surface area contributed by atoms with Crippen LogP contribution < -0.4 is 10.2 Å². The standard InChI is InChI=1S/C12H17ClN2O/c1-9(8-13)14-12(16)10-4-6-11(7-5-10)15(2)3/h4-7,9H,8H2,1-3H3,(H,14,16). The summed E-state index contributed by atoms with van der Waals surface area (Å²) in [6.07, 6.45) is 0. The predicted molar refractivity (Wildman–Crippen MR) is 68.4 cm³/mol. The Morgan fingerprint density at radius 2 is 1.94 bits per heavy atom. The van der Waals surface area contributed by atoms with E-state index in [1.807, 2.05) is 50.2 Å². The van der Waals surface area contributed by atoms with Gasteiger partial charge in [-0.15, -0.1) is 11.6 Å². The van der Waals surface area contributed by atoms with Crippen LogP contribution in [-0.2, 0) is 0 Å². The Labute approximate surface area is 101 Å². The summed E-state index contributed by atoms with van der Waals surface area (Å²) in [6, 6.07) is 7.44. The van der Waals surface area contributed by atoms with Crippen LogP contribution in [0.5, 0.6) is 0 Å². The third-order valence-corrected chi connectivity index (χ3v) is 2.72. The number of anilines is 1. The highest BCUT2D eigenvalue weighted by atomic mass is 35.5. The van der Waals surface area contributed by atoms with Crippen molar-refractivity contribution in [2.45, 2.75) is 13.0 Å². The van der Waals surface area contributed by atoms with Crippen molar-refractivity contribution in [1.82, 2.24) is 5.32 Å². The molecular weight excluding hydrogens is 224 g/mol. The van der Waals surface area contributed by atoms with Gasteiger partial charge in [-0.2, -0.15) is 0 Å². The van der Waals surface area contributed by atoms with Gasteiger partial charge in [0.25, 0.3) is 5.91 Å².